The lowest BCUT2D eigenvalue weighted by molar-refractivity contribution is 0.350. The number of hydrogen-bond acceptors (Lipinski definition) is 6. The van der Waals surface area contributed by atoms with Crippen LogP contribution in [-0.2, 0) is 10.2 Å². The van der Waals surface area contributed by atoms with Gasteiger partial charge in [-0.25, -0.2) is 4.79 Å². The third kappa shape index (κ3) is 2.83. The van der Waals surface area contributed by atoms with E-state index in [4.69, 9.17) is 4.74 Å². The molecule has 0 atom stereocenters. The maximum atomic E-state index is 12.1. The van der Waals surface area contributed by atoms with Crippen LogP contribution in [0.3, 0.4) is 0 Å². The van der Waals surface area contributed by atoms with E-state index >= 15 is 0 Å². The van der Waals surface area contributed by atoms with Crippen LogP contribution < -0.4 is 10.5 Å². The van der Waals surface area contributed by atoms with Crippen molar-refractivity contribution in [2.45, 2.75) is 13.8 Å². The van der Waals surface area contributed by atoms with Crippen LogP contribution in [-0.4, -0.2) is 35.9 Å². The van der Waals surface area contributed by atoms with Crippen molar-refractivity contribution in [1.82, 2.24) is 13.4 Å². The first-order chi connectivity index (χ1) is 9.73. The van der Waals surface area contributed by atoms with Gasteiger partial charge in [0.2, 0.25) is 0 Å². The molecular formula is C12H15N3O5S. The van der Waals surface area contributed by atoms with Gasteiger partial charge >= 0.3 is 22.0 Å². The first-order valence-corrected chi connectivity index (χ1v) is 7.40. The third-order valence-electron chi connectivity index (χ3n) is 2.77. The molecule has 0 aliphatic heterocycles. The Morgan fingerprint density at radius 2 is 1.95 bits per heavy atom. The smallest absolute Gasteiger partial charge is 0.422 e. The van der Waals surface area contributed by atoms with Gasteiger partial charge in [0.15, 0.2) is 0 Å². The van der Waals surface area contributed by atoms with Crippen LogP contribution in [0.25, 0.3) is 0 Å². The van der Waals surface area contributed by atoms with Gasteiger partial charge in [-0.2, -0.15) is 12.7 Å². The summed E-state index contributed by atoms with van der Waals surface area (Å²) in [5.41, 5.74) is 1.80. The highest BCUT2D eigenvalue weighted by Crippen LogP contribution is 2.24. The fraction of sp³-hybridized carbons (Fsp3) is 0.333. The van der Waals surface area contributed by atoms with Crippen LogP contribution in [0.15, 0.2) is 27.5 Å². The molecule has 0 N–H and O–H groups in total. The minimum absolute atomic E-state index is 0.367. The second-order valence-corrected chi connectivity index (χ2v) is 6.65. The van der Waals surface area contributed by atoms with Crippen molar-refractivity contribution < 1.29 is 17.7 Å². The Bertz CT molecular complexity index is 820. The molecule has 8 nitrogen and oxygen atoms in total. The zero-order valence-corrected chi connectivity index (χ0v) is 12.8. The average Bonchev–Trinajstić information content (AvgIpc) is 2.74. The summed E-state index contributed by atoms with van der Waals surface area (Å²) in [6.45, 7) is 3.71. The number of aromatic nitrogens is 2. The van der Waals surface area contributed by atoms with E-state index in [-0.39, 0.29) is 0 Å². The number of hydrogen-bond donors (Lipinski definition) is 0. The van der Waals surface area contributed by atoms with Crippen LogP contribution in [0.4, 0.5) is 0 Å². The highest BCUT2D eigenvalue weighted by Gasteiger charge is 2.27. The van der Waals surface area contributed by atoms with Gasteiger partial charge in [0.05, 0.1) is 0 Å². The van der Waals surface area contributed by atoms with Crippen LogP contribution >= 0.6 is 0 Å². The fourth-order valence-corrected chi connectivity index (χ4v) is 2.48. The quantitative estimate of drug-likeness (QED) is 0.832. The highest BCUT2D eigenvalue weighted by atomic mass is 32.2. The van der Waals surface area contributed by atoms with Gasteiger partial charge in [0.25, 0.3) is 0 Å². The van der Waals surface area contributed by atoms with Crippen molar-refractivity contribution in [3.8, 4) is 11.8 Å². The van der Waals surface area contributed by atoms with Gasteiger partial charge in [0.1, 0.15) is 5.75 Å². The molecule has 1 aromatic carbocycles. The molecule has 1 heterocycles. The maximum absolute atomic E-state index is 12.1. The molecule has 0 bridgehead atoms. The lowest BCUT2D eigenvalue weighted by atomic mass is 10.1. The van der Waals surface area contributed by atoms with Crippen molar-refractivity contribution in [2.75, 3.05) is 14.1 Å². The van der Waals surface area contributed by atoms with E-state index in [0.717, 1.165) is 15.4 Å². The molecule has 9 heteroatoms. The van der Waals surface area contributed by atoms with Crippen molar-refractivity contribution in [3.05, 3.63) is 39.9 Å². The molecule has 0 aliphatic carbocycles. The summed E-state index contributed by atoms with van der Waals surface area (Å²) in [5.74, 6) is -0.750. The monoisotopic (exact) mass is 313 g/mol. The van der Waals surface area contributed by atoms with Crippen LogP contribution in [0.5, 0.6) is 11.8 Å². The number of benzene rings is 1. The fourth-order valence-electron chi connectivity index (χ4n) is 1.66. The Morgan fingerprint density at radius 1 is 1.29 bits per heavy atom. The molecule has 0 radical (unpaired) electrons. The Labute approximate surface area is 121 Å². The standard InChI is InChI=1S/C12H15N3O5S/c1-8-5-6-10(9(2)7-8)19-11-13-20-12(16)15(11)21(17,18)14(3)4/h5-7H,1-4H3. The van der Waals surface area contributed by atoms with Crippen LogP contribution in [0, 0.1) is 13.8 Å². The zero-order chi connectivity index (χ0) is 15.8. The zero-order valence-electron chi connectivity index (χ0n) is 12.0. The normalized spacial score (nSPS) is 11.9. The molecule has 0 amide bonds. The molecule has 0 saturated heterocycles. The van der Waals surface area contributed by atoms with Crippen molar-refractivity contribution in [1.29, 1.82) is 0 Å². The number of ether oxygens (including phenoxy) is 1. The van der Waals surface area contributed by atoms with E-state index in [0.29, 0.717) is 9.72 Å². The highest BCUT2D eigenvalue weighted by molar-refractivity contribution is 7.87. The SMILES string of the molecule is Cc1ccc(Oc2noc(=O)n2S(=O)(=O)N(C)C)c(C)c1. The van der Waals surface area contributed by atoms with E-state index in [1.54, 1.807) is 19.1 Å². The molecule has 114 valence electrons. The predicted octanol–water partition coefficient (Wildman–Crippen LogP) is 0.900. The lowest BCUT2D eigenvalue weighted by Crippen LogP contribution is -2.34. The Balaban J connectivity index is 2.50. The number of aryl methyl sites for hydroxylation is 2. The molecule has 0 spiro atoms. The van der Waals surface area contributed by atoms with E-state index in [1.807, 2.05) is 13.0 Å². The second-order valence-electron chi connectivity index (χ2n) is 4.66. The lowest BCUT2D eigenvalue weighted by Gasteiger charge is -2.12. The molecular weight excluding hydrogens is 298 g/mol. The van der Waals surface area contributed by atoms with Crippen molar-refractivity contribution in [3.63, 3.8) is 0 Å². The molecule has 0 unspecified atom stereocenters. The molecule has 21 heavy (non-hydrogen) atoms. The molecule has 0 fully saturated rings. The Morgan fingerprint density at radius 3 is 2.52 bits per heavy atom. The first-order valence-electron chi connectivity index (χ1n) is 6.00. The van der Waals surface area contributed by atoms with Gasteiger partial charge in [-0.05, 0) is 30.6 Å². The minimum Gasteiger partial charge on any atom is -0.422 e. The van der Waals surface area contributed by atoms with Gasteiger partial charge < -0.3 is 4.74 Å². The summed E-state index contributed by atoms with van der Waals surface area (Å²) in [4.78, 5) is 11.6. The summed E-state index contributed by atoms with van der Waals surface area (Å²) in [5, 5.41) is 3.37. The van der Waals surface area contributed by atoms with Gasteiger partial charge in [-0.3, -0.25) is 4.52 Å². The molecule has 2 aromatic rings. The summed E-state index contributed by atoms with van der Waals surface area (Å²) < 4.78 is 35.2. The topological polar surface area (TPSA) is 94.6 Å². The maximum Gasteiger partial charge on any atom is 0.459 e. The van der Waals surface area contributed by atoms with Crippen molar-refractivity contribution in [2.24, 2.45) is 0 Å². The average molecular weight is 313 g/mol. The Kier molecular flexibility index (Phi) is 3.88. The largest absolute Gasteiger partial charge is 0.459 e. The molecule has 0 saturated carbocycles. The van der Waals surface area contributed by atoms with E-state index in [2.05, 4.69) is 9.68 Å². The van der Waals surface area contributed by atoms with E-state index in [9.17, 15) is 13.2 Å². The summed E-state index contributed by atoms with van der Waals surface area (Å²) >= 11 is 0. The minimum atomic E-state index is -4.08. The predicted molar refractivity (Wildman–Crippen MR) is 74.8 cm³/mol. The summed E-state index contributed by atoms with van der Waals surface area (Å²) in [6.07, 6.45) is 0. The van der Waals surface area contributed by atoms with Crippen molar-refractivity contribution >= 4 is 10.2 Å². The summed E-state index contributed by atoms with van der Waals surface area (Å²) in [6, 6.07) is 4.88. The number of nitrogens with zero attached hydrogens (tertiary/aromatic N) is 3. The molecule has 2 rings (SSSR count). The third-order valence-corrected chi connectivity index (χ3v) is 4.45. The van der Waals surface area contributed by atoms with Crippen LogP contribution in [0.1, 0.15) is 11.1 Å². The van der Waals surface area contributed by atoms with Crippen LogP contribution in [0.2, 0.25) is 0 Å². The molecule has 1 aromatic heterocycles. The van der Waals surface area contributed by atoms with Gasteiger partial charge in [-0.1, -0.05) is 17.7 Å². The second kappa shape index (κ2) is 5.34. The van der Waals surface area contributed by atoms with Gasteiger partial charge in [0, 0.05) is 14.1 Å². The number of rotatable bonds is 4. The summed E-state index contributed by atoms with van der Waals surface area (Å²) in [7, 11) is -1.50. The van der Waals surface area contributed by atoms with E-state index in [1.165, 1.54) is 14.1 Å². The van der Waals surface area contributed by atoms with E-state index < -0.39 is 22.0 Å². The van der Waals surface area contributed by atoms with Gasteiger partial charge in [-0.15, -0.1) is 3.97 Å². The Hall–Kier alpha value is -2.13. The molecule has 0 aliphatic rings. The first kappa shape index (κ1) is 15.3.